The molecule has 0 unspecified atom stereocenters. The van der Waals surface area contributed by atoms with E-state index in [2.05, 4.69) is 127 Å². The lowest BCUT2D eigenvalue weighted by molar-refractivity contribution is -0.514. The highest BCUT2D eigenvalue weighted by atomic mass is 28.3. The predicted octanol–water partition coefficient (Wildman–Crippen LogP) is 6.66. The summed E-state index contributed by atoms with van der Waals surface area (Å²) in [7, 11) is -2.01. The molecule has 0 atom stereocenters. The van der Waals surface area contributed by atoms with E-state index in [1.54, 1.807) is 0 Å². The second-order valence-corrected chi connectivity index (χ2v) is 15.0. The van der Waals surface area contributed by atoms with E-state index in [0.29, 0.717) is 5.54 Å². The molecule has 0 saturated carbocycles. The summed E-state index contributed by atoms with van der Waals surface area (Å²) >= 11 is 0. The van der Waals surface area contributed by atoms with E-state index in [9.17, 15) is 0 Å². The highest BCUT2D eigenvalue weighted by Crippen LogP contribution is 2.48. The van der Waals surface area contributed by atoms with E-state index < -0.39 is 14.5 Å². The third-order valence-electron chi connectivity index (χ3n) is 8.69. The Balaban J connectivity index is 1.50. The molecule has 4 aromatic rings. The van der Waals surface area contributed by atoms with E-state index >= 15 is 0 Å². The summed E-state index contributed by atoms with van der Waals surface area (Å²) in [6.07, 6.45) is 1.43. The van der Waals surface area contributed by atoms with Crippen molar-refractivity contribution in [3.05, 3.63) is 102 Å². The number of fused-ring (bicyclic) bond motifs is 6. The molecule has 0 fully saturated rings. The average Bonchev–Trinajstić information content (AvgIpc) is 3.36. The smallest absolute Gasteiger partial charge is 0.264 e. The van der Waals surface area contributed by atoms with Crippen molar-refractivity contribution < 1.29 is 4.48 Å². The van der Waals surface area contributed by atoms with Crippen molar-refractivity contribution in [1.82, 2.24) is 0 Å². The van der Waals surface area contributed by atoms with Crippen LogP contribution in [0, 0.1) is 0 Å². The van der Waals surface area contributed by atoms with Crippen LogP contribution < -0.4 is 14.9 Å². The van der Waals surface area contributed by atoms with E-state index in [0.717, 1.165) is 12.6 Å². The van der Waals surface area contributed by atoms with E-state index in [4.69, 9.17) is 0 Å². The van der Waals surface area contributed by atoms with Crippen molar-refractivity contribution in [2.24, 2.45) is 0 Å². The van der Waals surface area contributed by atoms with E-state index in [1.165, 1.54) is 44.8 Å². The van der Waals surface area contributed by atoms with Gasteiger partial charge in [0, 0.05) is 11.6 Å². The van der Waals surface area contributed by atoms with Crippen LogP contribution in [0.4, 0.5) is 5.82 Å². The lowest BCUT2D eigenvalue weighted by Gasteiger charge is -2.36. The van der Waals surface area contributed by atoms with Crippen LogP contribution >= 0.6 is 0 Å². The fourth-order valence-electron chi connectivity index (χ4n) is 7.14. The summed E-state index contributed by atoms with van der Waals surface area (Å²) in [5, 5.41) is 0. The van der Waals surface area contributed by atoms with Gasteiger partial charge in [0.1, 0.15) is 0 Å². The lowest BCUT2D eigenvalue weighted by Crippen LogP contribution is -2.69. The van der Waals surface area contributed by atoms with E-state index in [1.807, 2.05) is 0 Å². The molecule has 2 aliphatic rings. The molecule has 0 radical (unpaired) electrons. The Bertz CT molecular complexity index is 1360. The molecule has 4 heteroatoms. The fraction of sp³-hybridized carbons (Fsp3) is 0.233. The number of rotatable bonds is 5. The van der Waals surface area contributed by atoms with Gasteiger partial charge in [0.15, 0.2) is 0 Å². The minimum absolute atomic E-state index is 0.422. The van der Waals surface area contributed by atoms with Gasteiger partial charge in [-0.3, -0.25) is 0 Å². The van der Waals surface area contributed by atoms with Crippen LogP contribution in [-0.4, -0.2) is 14.5 Å². The molecule has 0 amide bonds. The first-order chi connectivity index (χ1) is 16.5. The zero-order chi connectivity index (χ0) is 23.5. The van der Waals surface area contributed by atoms with Crippen molar-refractivity contribution in [2.45, 2.75) is 45.1 Å². The van der Waals surface area contributed by atoms with Crippen molar-refractivity contribution in [3.63, 3.8) is 0 Å². The summed E-state index contributed by atoms with van der Waals surface area (Å²) in [6, 6.07) is 34.0. The second kappa shape index (κ2) is 7.71. The molecule has 1 aliphatic heterocycles. The molecule has 0 bridgehead atoms. The highest BCUT2D eigenvalue weighted by Gasteiger charge is 2.47. The first kappa shape index (κ1) is 21.4. The Labute approximate surface area is 204 Å². The van der Waals surface area contributed by atoms with Crippen molar-refractivity contribution in [1.29, 1.82) is 0 Å². The van der Waals surface area contributed by atoms with Gasteiger partial charge in [0.05, 0.1) is 5.69 Å². The third kappa shape index (κ3) is 2.84. The third-order valence-corrected chi connectivity index (χ3v) is 11.7. The van der Waals surface area contributed by atoms with Crippen LogP contribution in [0.1, 0.15) is 30.5 Å². The maximum absolute atomic E-state index is 4.22. The number of benzene rings is 3. The minimum Gasteiger partial charge on any atom is -0.423 e. The van der Waals surface area contributed by atoms with Gasteiger partial charge in [-0.05, 0) is 47.0 Å². The molecular weight excluding hydrogens is 427 g/mol. The van der Waals surface area contributed by atoms with E-state index in [-0.39, 0.29) is 0 Å². The summed E-state index contributed by atoms with van der Waals surface area (Å²) in [5.41, 5.74) is 10.5. The fourth-order valence-corrected chi connectivity index (χ4v) is 10.2. The molecule has 34 heavy (non-hydrogen) atoms. The van der Waals surface area contributed by atoms with Gasteiger partial charge in [0.2, 0.25) is 12.1 Å². The summed E-state index contributed by atoms with van der Waals surface area (Å²) in [4.78, 5) is 4.22. The molecule has 170 valence electrons. The Morgan fingerprint density at radius 3 is 1.88 bits per heavy atom. The maximum Gasteiger partial charge on any atom is 0.264 e. The van der Waals surface area contributed by atoms with Gasteiger partial charge in [-0.15, -0.1) is 12.6 Å². The van der Waals surface area contributed by atoms with Crippen LogP contribution in [0.3, 0.4) is 0 Å². The molecule has 1 aromatic heterocycles. The molecule has 1 N–H and O–H groups in total. The molecule has 1 aliphatic carbocycles. The van der Waals surface area contributed by atoms with Crippen LogP contribution in [0.15, 0.2) is 91.0 Å². The number of hydrogen-bond acceptors (Lipinski definition) is 1. The number of aromatic nitrogens is 1. The predicted molar refractivity (Wildman–Crippen MR) is 149 cm³/mol. The Hall–Kier alpha value is -3.11. The van der Waals surface area contributed by atoms with Gasteiger partial charge in [-0.25, -0.2) is 0 Å². The number of hydrogen-bond donors (Lipinski definition) is 1. The Morgan fingerprint density at radius 1 is 0.706 bits per heavy atom. The SMILES string of the molecule is CC[B-]1(CC)c2ccccc2-c2cccc(N[Si](C)(C)C3c4ccccc4-c4ccccc43)[n+]21. The number of pyridine rings is 1. The average molecular weight is 461 g/mol. The normalized spacial score (nSPS) is 15.4. The van der Waals surface area contributed by atoms with Gasteiger partial charge in [-0.1, -0.05) is 92.7 Å². The van der Waals surface area contributed by atoms with Crippen LogP contribution in [-0.2, 0) is 0 Å². The quantitative estimate of drug-likeness (QED) is 0.329. The number of nitrogens with one attached hydrogen (secondary N) is 1. The van der Waals surface area contributed by atoms with Crippen LogP contribution in [0.5, 0.6) is 0 Å². The Kier molecular flexibility index (Phi) is 4.86. The topological polar surface area (TPSA) is 15.9 Å². The maximum atomic E-state index is 4.22. The van der Waals surface area contributed by atoms with Gasteiger partial charge in [-0.2, -0.15) is 5.46 Å². The highest BCUT2D eigenvalue weighted by molar-refractivity contribution is 6.87. The molecule has 2 heterocycles. The van der Waals surface area contributed by atoms with Gasteiger partial charge in [0.25, 0.3) is 8.24 Å². The van der Waals surface area contributed by atoms with Crippen molar-refractivity contribution >= 4 is 25.8 Å². The first-order valence-corrected chi connectivity index (χ1v) is 15.9. The molecule has 0 saturated heterocycles. The molecule has 6 rings (SSSR count). The lowest BCUT2D eigenvalue weighted by atomic mass is 9.28. The molecule has 3 aromatic carbocycles. The van der Waals surface area contributed by atoms with Crippen molar-refractivity contribution in [3.8, 4) is 22.4 Å². The van der Waals surface area contributed by atoms with Gasteiger partial charge < -0.3 is 9.46 Å². The number of anilines is 1. The van der Waals surface area contributed by atoms with Crippen molar-refractivity contribution in [2.75, 3.05) is 4.98 Å². The van der Waals surface area contributed by atoms with Gasteiger partial charge >= 0.3 is 0 Å². The molecular formula is C30H33BN2Si. The largest absolute Gasteiger partial charge is 0.423 e. The first-order valence-electron chi connectivity index (χ1n) is 12.8. The number of nitrogens with zero attached hydrogens (tertiary/aromatic N) is 1. The zero-order valence-electron chi connectivity index (χ0n) is 20.7. The Morgan fingerprint density at radius 2 is 1.26 bits per heavy atom. The summed E-state index contributed by atoms with van der Waals surface area (Å²) in [6.45, 7) is 9.74. The standard InChI is InChI=1S/C30H33BN2Si/c1-5-31(6-2)27-19-12-11-18-26(27)28-20-13-21-29(33(28)31)32-34(3,4)30-24-16-9-7-14-22(24)23-15-8-10-17-25(23)30/h7-21,30,32H,5-6H2,1-4H3. The summed E-state index contributed by atoms with van der Waals surface area (Å²) < 4.78 is 2.69. The second-order valence-electron chi connectivity index (χ2n) is 10.7. The van der Waals surface area contributed by atoms with Crippen LogP contribution in [0.2, 0.25) is 25.7 Å². The summed E-state index contributed by atoms with van der Waals surface area (Å²) in [5.74, 6) is 1.29. The zero-order valence-corrected chi connectivity index (χ0v) is 21.7. The monoisotopic (exact) mass is 460 g/mol. The molecule has 2 nitrogen and oxygen atoms in total. The van der Waals surface area contributed by atoms with Crippen LogP contribution in [0.25, 0.3) is 22.4 Å². The minimum atomic E-state index is -2.01. The molecule has 0 spiro atoms.